The highest BCUT2D eigenvalue weighted by molar-refractivity contribution is 7.22. The van der Waals surface area contributed by atoms with Crippen molar-refractivity contribution in [3.05, 3.63) is 11.1 Å². The summed E-state index contributed by atoms with van der Waals surface area (Å²) >= 11 is 1.40. The SMILES string of the molecule is C[B]c1ncc(C=O)s1. The molecular formula is C5H5BNOS. The summed E-state index contributed by atoms with van der Waals surface area (Å²) < 4.78 is 0. The van der Waals surface area contributed by atoms with E-state index in [1.165, 1.54) is 11.3 Å². The number of hydrogen-bond acceptors (Lipinski definition) is 3. The molecule has 0 saturated carbocycles. The molecule has 0 N–H and O–H groups in total. The van der Waals surface area contributed by atoms with Gasteiger partial charge < -0.3 is 0 Å². The van der Waals surface area contributed by atoms with Gasteiger partial charge in [0.25, 0.3) is 0 Å². The zero-order valence-electron chi connectivity index (χ0n) is 5.00. The summed E-state index contributed by atoms with van der Waals surface area (Å²) in [6, 6.07) is 0. The number of rotatable bonds is 2. The first-order valence-corrected chi connectivity index (χ1v) is 3.39. The van der Waals surface area contributed by atoms with Crippen molar-refractivity contribution in [3.8, 4) is 0 Å². The Morgan fingerprint density at radius 2 is 2.67 bits per heavy atom. The smallest absolute Gasteiger partial charge is 0.188 e. The van der Waals surface area contributed by atoms with Crippen LogP contribution in [0.15, 0.2) is 6.20 Å². The maximum atomic E-state index is 10.1. The van der Waals surface area contributed by atoms with Gasteiger partial charge in [-0.1, -0.05) is 6.82 Å². The lowest BCUT2D eigenvalue weighted by Gasteiger charge is -1.76. The number of carbonyl (C=O) groups excluding carboxylic acids is 1. The van der Waals surface area contributed by atoms with Crippen LogP contribution in [-0.2, 0) is 0 Å². The van der Waals surface area contributed by atoms with Crippen molar-refractivity contribution in [1.29, 1.82) is 0 Å². The molecule has 1 heterocycles. The maximum absolute atomic E-state index is 10.1. The Labute approximate surface area is 58.2 Å². The van der Waals surface area contributed by atoms with Crippen LogP contribution in [0.25, 0.3) is 0 Å². The van der Waals surface area contributed by atoms with Crippen LogP contribution in [0.1, 0.15) is 9.67 Å². The van der Waals surface area contributed by atoms with Gasteiger partial charge in [0.05, 0.1) is 4.88 Å². The highest BCUT2D eigenvalue weighted by atomic mass is 32.1. The average molecular weight is 138 g/mol. The fourth-order valence-corrected chi connectivity index (χ4v) is 1.11. The molecule has 0 fully saturated rings. The number of hydrogen-bond donors (Lipinski definition) is 0. The molecule has 0 saturated heterocycles. The second kappa shape index (κ2) is 2.78. The average Bonchev–Trinajstić information content (AvgIpc) is 2.34. The molecule has 1 aromatic heterocycles. The maximum Gasteiger partial charge on any atom is 0.188 e. The van der Waals surface area contributed by atoms with Crippen LogP contribution in [-0.4, -0.2) is 18.5 Å². The third-order valence-electron chi connectivity index (χ3n) is 0.905. The first-order chi connectivity index (χ1) is 4.36. The lowest BCUT2D eigenvalue weighted by molar-refractivity contribution is 0.112. The van der Waals surface area contributed by atoms with E-state index in [9.17, 15) is 4.79 Å². The highest BCUT2D eigenvalue weighted by Crippen LogP contribution is 1.97. The van der Waals surface area contributed by atoms with Crippen molar-refractivity contribution in [2.75, 3.05) is 0 Å². The van der Waals surface area contributed by atoms with Gasteiger partial charge in [0.2, 0.25) is 0 Å². The standard InChI is InChI=1S/C5H5BNOS/c1-6-5-7-2-4(3-8)9-5/h2-3H,1H3. The Morgan fingerprint density at radius 3 is 3.00 bits per heavy atom. The zero-order chi connectivity index (χ0) is 6.69. The fourth-order valence-electron chi connectivity index (χ4n) is 0.489. The summed E-state index contributed by atoms with van der Waals surface area (Å²) in [5, 5.41) is 0. The van der Waals surface area contributed by atoms with Gasteiger partial charge in [-0.3, -0.25) is 9.78 Å². The minimum absolute atomic E-state index is 0.683. The van der Waals surface area contributed by atoms with E-state index in [0.717, 1.165) is 11.2 Å². The Hall–Kier alpha value is -0.635. The van der Waals surface area contributed by atoms with Gasteiger partial charge in [0.1, 0.15) is 0 Å². The van der Waals surface area contributed by atoms with Crippen molar-refractivity contribution in [2.24, 2.45) is 0 Å². The third kappa shape index (κ3) is 1.39. The van der Waals surface area contributed by atoms with Gasteiger partial charge in [-0.15, -0.1) is 11.3 Å². The predicted molar refractivity (Wildman–Crippen MR) is 38.8 cm³/mol. The molecule has 1 radical (unpaired) electrons. The monoisotopic (exact) mass is 138 g/mol. The minimum atomic E-state index is 0.683. The normalized spacial score (nSPS) is 9.00. The Kier molecular flexibility index (Phi) is 2.00. The minimum Gasteiger partial charge on any atom is -0.297 e. The molecule has 2 nitrogen and oxygen atoms in total. The quantitative estimate of drug-likeness (QED) is 0.435. The van der Waals surface area contributed by atoms with Crippen LogP contribution in [0.2, 0.25) is 6.82 Å². The second-order valence-corrected chi connectivity index (χ2v) is 2.60. The van der Waals surface area contributed by atoms with Crippen molar-refractivity contribution in [3.63, 3.8) is 0 Å². The van der Waals surface area contributed by atoms with E-state index in [1.807, 2.05) is 14.1 Å². The van der Waals surface area contributed by atoms with E-state index >= 15 is 0 Å². The van der Waals surface area contributed by atoms with Crippen molar-refractivity contribution < 1.29 is 4.79 Å². The van der Waals surface area contributed by atoms with Crippen LogP contribution >= 0.6 is 11.3 Å². The Morgan fingerprint density at radius 1 is 1.89 bits per heavy atom. The lowest BCUT2D eigenvalue weighted by atomic mass is 9.84. The summed E-state index contributed by atoms with van der Waals surface area (Å²) in [6.07, 6.45) is 2.39. The van der Waals surface area contributed by atoms with E-state index < -0.39 is 0 Å². The molecule has 0 aliphatic rings. The summed E-state index contributed by atoms with van der Waals surface area (Å²) in [5.74, 6) is 0. The van der Waals surface area contributed by atoms with Gasteiger partial charge in [-0.2, -0.15) is 0 Å². The van der Waals surface area contributed by atoms with E-state index in [1.54, 1.807) is 6.20 Å². The van der Waals surface area contributed by atoms with E-state index in [-0.39, 0.29) is 0 Å². The molecule has 0 spiro atoms. The summed E-state index contributed by atoms with van der Waals surface area (Å²) in [7, 11) is 1.87. The molecule has 9 heavy (non-hydrogen) atoms. The predicted octanol–water partition coefficient (Wildman–Crippen LogP) is 0.333. The Balaban J connectivity index is 2.86. The van der Waals surface area contributed by atoms with E-state index in [2.05, 4.69) is 4.98 Å². The van der Waals surface area contributed by atoms with Gasteiger partial charge in [0.15, 0.2) is 13.6 Å². The van der Waals surface area contributed by atoms with Crippen LogP contribution < -0.4 is 4.91 Å². The first kappa shape index (κ1) is 6.48. The summed E-state index contributed by atoms with van der Waals surface area (Å²) in [6.45, 7) is 1.90. The van der Waals surface area contributed by atoms with Crippen molar-refractivity contribution in [2.45, 2.75) is 6.82 Å². The molecular weight excluding hydrogens is 133 g/mol. The van der Waals surface area contributed by atoms with Crippen LogP contribution in [0.4, 0.5) is 0 Å². The largest absolute Gasteiger partial charge is 0.297 e. The molecule has 0 unspecified atom stereocenters. The first-order valence-electron chi connectivity index (χ1n) is 2.57. The molecule has 1 rings (SSSR count). The number of aromatic nitrogens is 1. The highest BCUT2D eigenvalue weighted by Gasteiger charge is 1.96. The molecule has 45 valence electrons. The molecule has 0 atom stereocenters. The van der Waals surface area contributed by atoms with Crippen LogP contribution in [0.5, 0.6) is 0 Å². The van der Waals surface area contributed by atoms with E-state index in [4.69, 9.17) is 0 Å². The molecule has 0 bridgehead atoms. The van der Waals surface area contributed by atoms with Gasteiger partial charge in [-0.05, 0) is 0 Å². The lowest BCUT2D eigenvalue weighted by Crippen LogP contribution is -2.06. The van der Waals surface area contributed by atoms with Gasteiger partial charge >= 0.3 is 0 Å². The molecule has 4 heteroatoms. The summed E-state index contributed by atoms with van der Waals surface area (Å²) in [5.41, 5.74) is 0. The second-order valence-electron chi connectivity index (χ2n) is 1.51. The fraction of sp³-hybridized carbons (Fsp3) is 0.200. The third-order valence-corrected chi connectivity index (χ3v) is 1.89. The number of nitrogens with zero attached hydrogens (tertiary/aromatic N) is 1. The van der Waals surface area contributed by atoms with Crippen molar-refractivity contribution in [1.82, 2.24) is 4.98 Å². The number of aldehydes is 1. The summed E-state index contributed by atoms with van der Waals surface area (Å²) in [4.78, 5) is 15.6. The zero-order valence-corrected chi connectivity index (χ0v) is 5.81. The molecule has 0 aliphatic carbocycles. The molecule has 0 aromatic carbocycles. The van der Waals surface area contributed by atoms with Gasteiger partial charge in [0, 0.05) is 11.1 Å². The number of carbonyl (C=O) groups is 1. The van der Waals surface area contributed by atoms with Crippen molar-refractivity contribution >= 4 is 29.8 Å². The Bertz CT molecular complexity index is 210. The molecule has 1 aromatic rings. The topological polar surface area (TPSA) is 30.0 Å². The van der Waals surface area contributed by atoms with Crippen LogP contribution in [0.3, 0.4) is 0 Å². The molecule has 0 aliphatic heterocycles. The number of thiazole rings is 1. The molecule has 0 amide bonds. The van der Waals surface area contributed by atoms with Crippen LogP contribution in [0, 0.1) is 0 Å². The van der Waals surface area contributed by atoms with Gasteiger partial charge in [-0.25, -0.2) is 0 Å². The van der Waals surface area contributed by atoms with E-state index in [0.29, 0.717) is 4.88 Å².